The average Bonchev–Trinajstić information content (AvgIpc) is 2.54. The van der Waals surface area contributed by atoms with Gasteiger partial charge >= 0.3 is 6.18 Å². The molecule has 3 N–H and O–H groups in total. The maximum Gasteiger partial charge on any atom is 0.391 e. The standard InChI is InChI=1S/C8H13F3N4O/c1-15-7(6(16-2)4-13-15)5(14-12)3-8(9,10)11/h4-5,14H,3,12H2,1-2H3. The van der Waals surface area contributed by atoms with Crippen molar-refractivity contribution in [2.75, 3.05) is 7.11 Å². The van der Waals surface area contributed by atoms with Gasteiger partial charge in [0.1, 0.15) is 0 Å². The van der Waals surface area contributed by atoms with E-state index < -0.39 is 18.6 Å². The maximum atomic E-state index is 12.3. The molecule has 0 aliphatic carbocycles. The first-order chi connectivity index (χ1) is 7.39. The number of rotatable bonds is 4. The largest absolute Gasteiger partial charge is 0.493 e. The summed E-state index contributed by atoms with van der Waals surface area (Å²) in [4.78, 5) is 0. The van der Waals surface area contributed by atoms with Gasteiger partial charge in [-0.2, -0.15) is 18.3 Å². The molecule has 0 amide bonds. The summed E-state index contributed by atoms with van der Waals surface area (Å²) in [5, 5.41) is 3.82. The van der Waals surface area contributed by atoms with E-state index in [0.29, 0.717) is 0 Å². The molecule has 0 fully saturated rings. The van der Waals surface area contributed by atoms with Crippen LogP contribution >= 0.6 is 0 Å². The van der Waals surface area contributed by atoms with Gasteiger partial charge in [-0.05, 0) is 0 Å². The molecule has 0 radical (unpaired) electrons. The first-order valence-corrected chi connectivity index (χ1v) is 4.47. The summed E-state index contributed by atoms with van der Waals surface area (Å²) < 4.78 is 43.1. The number of hydrazine groups is 1. The van der Waals surface area contributed by atoms with Crippen LogP contribution in [0.4, 0.5) is 13.2 Å². The first kappa shape index (κ1) is 12.8. The Morgan fingerprint density at radius 2 is 2.25 bits per heavy atom. The molecule has 0 aromatic carbocycles. The fraction of sp³-hybridized carbons (Fsp3) is 0.625. The van der Waals surface area contributed by atoms with E-state index in [0.717, 1.165) is 0 Å². The molecule has 1 unspecified atom stereocenters. The fourth-order valence-electron chi connectivity index (χ4n) is 1.45. The summed E-state index contributed by atoms with van der Waals surface area (Å²) in [6.45, 7) is 0. The molecule has 1 atom stereocenters. The monoisotopic (exact) mass is 238 g/mol. The highest BCUT2D eigenvalue weighted by Gasteiger charge is 2.34. The van der Waals surface area contributed by atoms with E-state index in [9.17, 15) is 13.2 Å². The van der Waals surface area contributed by atoms with E-state index in [2.05, 4.69) is 10.5 Å². The third-order valence-electron chi connectivity index (χ3n) is 2.14. The maximum absolute atomic E-state index is 12.3. The minimum Gasteiger partial charge on any atom is -0.493 e. The molecule has 1 aromatic heterocycles. The van der Waals surface area contributed by atoms with Gasteiger partial charge in [-0.1, -0.05) is 0 Å². The number of nitrogens with one attached hydrogen (secondary N) is 1. The molecule has 0 saturated heterocycles. The van der Waals surface area contributed by atoms with Crippen LogP contribution in [0.3, 0.4) is 0 Å². The lowest BCUT2D eigenvalue weighted by atomic mass is 10.1. The van der Waals surface area contributed by atoms with Crippen molar-refractivity contribution in [3.05, 3.63) is 11.9 Å². The minimum absolute atomic E-state index is 0.266. The Kier molecular flexibility index (Phi) is 3.76. The molecule has 0 spiro atoms. The van der Waals surface area contributed by atoms with Crippen molar-refractivity contribution >= 4 is 0 Å². The third-order valence-corrected chi connectivity index (χ3v) is 2.14. The van der Waals surface area contributed by atoms with Gasteiger partial charge in [0, 0.05) is 7.05 Å². The van der Waals surface area contributed by atoms with Gasteiger partial charge in [-0.3, -0.25) is 16.0 Å². The van der Waals surface area contributed by atoms with Crippen LogP contribution in [0.1, 0.15) is 18.2 Å². The number of halogens is 3. The molecule has 0 saturated carbocycles. The summed E-state index contributed by atoms with van der Waals surface area (Å²) in [7, 11) is 2.89. The highest BCUT2D eigenvalue weighted by molar-refractivity contribution is 5.28. The number of hydrogen-bond donors (Lipinski definition) is 2. The second kappa shape index (κ2) is 4.71. The summed E-state index contributed by atoms with van der Waals surface area (Å²) >= 11 is 0. The molecule has 1 rings (SSSR count). The Morgan fingerprint density at radius 3 is 2.69 bits per heavy atom. The molecule has 1 heterocycles. The van der Waals surface area contributed by atoms with Crippen molar-refractivity contribution in [1.82, 2.24) is 15.2 Å². The predicted molar refractivity (Wildman–Crippen MR) is 50.5 cm³/mol. The zero-order chi connectivity index (χ0) is 12.3. The van der Waals surface area contributed by atoms with Crippen molar-refractivity contribution in [2.24, 2.45) is 12.9 Å². The zero-order valence-corrected chi connectivity index (χ0v) is 8.88. The number of nitrogens with zero attached hydrogens (tertiary/aromatic N) is 2. The number of methoxy groups -OCH3 is 1. The zero-order valence-electron chi connectivity index (χ0n) is 8.88. The number of ether oxygens (including phenoxy) is 1. The molecule has 1 aromatic rings. The molecule has 16 heavy (non-hydrogen) atoms. The van der Waals surface area contributed by atoms with Crippen LogP contribution in [0.15, 0.2) is 6.20 Å². The fourth-order valence-corrected chi connectivity index (χ4v) is 1.45. The van der Waals surface area contributed by atoms with Crippen LogP contribution in [-0.4, -0.2) is 23.1 Å². The molecule has 8 heteroatoms. The van der Waals surface area contributed by atoms with Crippen LogP contribution in [0.25, 0.3) is 0 Å². The summed E-state index contributed by atoms with van der Waals surface area (Å²) in [6.07, 6.45) is -4.05. The Balaban J connectivity index is 2.98. The van der Waals surface area contributed by atoms with Gasteiger partial charge in [-0.15, -0.1) is 0 Å². The number of hydrogen-bond acceptors (Lipinski definition) is 4. The van der Waals surface area contributed by atoms with Gasteiger partial charge in [0.25, 0.3) is 0 Å². The average molecular weight is 238 g/mol. The SMILES string of the molecule is COc1cnn(C)c1C(CC(F)(F)F)NN. The molecule has 0 bridgehead atoms. The minimum atomic E-state index is -4.31. The second-order valence-electron chi connectivity index (χ2n) is 3.26. The van der Waals surface area contributed by atoms with E-state index in [1.165, 1.54) is 25.0 Å². The molecule has 0 aliphatic heterocycles. The quantitative estimate of drug-likeness (QED) is 0.604. The van der Waals surface area contributed by atoms with Crippen LogP contribution in [-0.2, 0) is 7.05 Å². The van der Waals surface area contributed by atoms with Crippen molar-refractivity contribution in [3.63, 3.8) is 0 Å². The van der Waals surface area contributed by atoms with Gasteiger partial charge < -0.3 is 4.74 Å². The molecule has 92 valence electrons. The summed E-state index contributed by atoms with van der Waals surface area (Å²) in [5.41, 5.74) is 2.38. The lowest BCUT2D eigenvalue weighted by Crippen LogP contribution is -2.33. The number of nitrogens with two attached hydrogens (primary N) is 1. The van der Waals surface area contributed by atoms with Crippen molar-refractivity contribution in [3.8, 4) is 5.75 Å². The topological polar surface area (TPSA) is 65.1 Å². The van der Waals surface area contributed by atoms with Crippen LogP contribution in [0, 0.1) is 0 Å². The van der Waals surface area contributed by atoms with E-state index in [1.54, 1.807) is 0 Å². The lowest BCUT2D eigenvalue weighted by Gasteiger charge is -2.19. The van der Waals surface area contributed by atoms with Gasteiger partial charge in [-0.25, -0.2) is 0 Å². The smallest absolute Gasteiger partial charge is 0.391 e. The van der Waals surface area contributed by atoms with Gasteiger partial charge in [0.15, 0.2) is 5.75 Å². The van der Waals surface area contributed by atoms with E-state index in [-0.39, 0.29) is 11.4 Å². The van der Waals surface area contributed by atoms with Crippen LogP contribution < -0.4 is 16.0 Å². The second-order valence-corrected chi connectivity index (χ2v) is 3.26. The number of alkyl halides is 3. The number of aromatic nitrogens is 2. The number of aryl methyl sites for hydroxylation is 1. The lowest BCUT2D eigenvalue weighted by molar-refractivity contribution is -0.140. The Bertz CT molecular complexity index is 350. The highest BCUT2D eigenvalue weighted by Crippen LogP contribution is 2.32. The highest BCUT2D eigenvalue weighted by atomic mass is 19.4. The van der Waals surface area contributed by atoms with E-state index in [1.807, 2.05) is 0 Å². The van der Waals surface area contributed by atoms with Crippen LogP contribution in [0.5, 0.6) is 5.75 Å². The van der Waals surface area contributed by atoms with Crippen molar-refractivity contribution < 1.29 is 17.9 Å². The normalized spacial score (nSPS) is 13.9. The van der Waals surface area contributed by atoms with Crippen LogP contribution in [0.2, 0.25) is 0 Å². The van der Waals surface area contributed by atoms with E-state index >= 15 is 0 Å². The Morgan fingerprint density at radius 1 is 1.62 bits per heavy atom. The van der Waals surface area contributed by atoms with Gasteiger partial charge in [0.05, 0.1) is 31.5 Å². The Hall–Kier alpha value is -1.28. The first-order valence-electron chi connectivity index (χ1n) is 4.47. The predicted octanol–water partition coefficient (Wildman–Crippen LogP) is 0.886. The molecular formula is C8H13F3N4O. The van der Waals surface area contributed by atoms with E-state index in [4.69, 9.17) is 10.6 Å². The van der Waals surface area contributed by atoms with Crippen molar-refractivity contribution in [2.45, 2.75) is 18.6 Å². The van der Waals surface area contributed by atoms with Gasteiger partial charge in [0.2, 0.25) is 0 Å². The molecule has 0 aliphatic rings. The van der Waals surface area contributed by atoms with Crippen molar-refractivity contribution in [1.29, 1.82) is 0 Å². The Labute approximate surface area is 90.3 Å². The third kappa shape index (κ3) is 2.86. The molecule has 5 nitrogen and oxygen atoms in total. The summed E-state index contributed by atoms with van der Waals surface area (Å²) in [6, 6.07) is -1.08. The summed E-state index contributed by atoms with van der Waals surface area (Å²) in [5.74, 6) is 5.39. The molecular weight excluding hydrogens is 225 g/mol.